The molecule has 3 nitrogen and oxygen atoms in total. The highest BCUT2D eigenvalue weighted by atomic mass is 32.2. The number of fused-ring (bicyclic) bond motifs is 1. The number of hydrogen-bond donors (Lipinski definition) is 1. The van der Waals surface area contributed by atoms with Crippen molar-refractivity contribution in [1.29, 1.82) is 0 Å². The van der Waals surface area contributed by atoms with Crippen LogP contribution in [0.2, 0.25) is 0 Å². The van der Waals surface area contributed by atoms with Gasteiger partial charge in [-0.15, -0.1) is 0 Å². The topological polar surface area (TPSA) is 54.4 Å². The largest absolute Gasteiger partial charge is 0.294 e. The zero-order valence-electron chi connectivity index (χ0n) is 6.77. The standard InChI is InChI=1S/C9H8O3S/c10-13(11,12)9-6-2-4-7-3-1-5-8(7)9/h1-4,6H,5H2,(H,10,11,12). The summed E-state index contributed by atoms with van der Waals surface area (Å²) >= 11 is 0. The summed E-state index contributed by atoms with van der Waals surface area (Å²) in [7, 11) is -4.07. The highest BCUT2D eigenvalue weighted by molar-refractivity contribution is 7.85. The van der Waals surface area contributed by atoms with Gasteiger partial charge >= 0.3 is 0 Å². The molecule has 0 aliphatic heterocycles. The molecule has 1 N–H and O–H groups in total. The molecule has 0 saturated carbocycles. The van der Waals surface area contributed by atoms with Gasteiger partial charge in [0.2, 0.25) is 0 Å². The van der Waals surface area contributed by atoms with E-state index in [0.717, 1.165) is 5.56 Å². The molecule has 0 aromatic heterocycles. The van der Waals surface area contributed by atoms with Crippen molar-refractivity contribution in [3.8, 4) is 0 Å². The van der Waals surface area contributed by atoms with Crippen LogP contribution < -0.4 is 0 Å². The molecular weight excluding hydrogens is 188 g/mol. The summed E-state index contributed by atoms with van der Waals surface area (Å²) in [6.07, 6.45) is 4.30. The Morgan fingerprint density at radius 1 is 1.31 bits per heavy atom. The Morgan fingerprint density at radius 2 is 2.08 bits per heavy atom. The van der Waals surface area contributed by atoms with Gasteiger partial charge in [0.15, 0.2) is 0 Å². The van der Waals surface area contributed by atoms with Crippen LogP contribution in [0.4, 0.5) is 0 Å². The highest BCUT2D eigenvalue weighted by Gasteiger charge is 2.18. The maximum absolute atomic E-state index is 10.9. The van der Waals surface area contributed by atoms with Crippen LogP contribution in [0.5, 0.6) is 0 Å². The van der Waals surface area contributed by atoms with E-state index in [1.165, 1.54) is 6.07 Å². The van der Waals surface area contributed by atoms with Gasteiger partial charge in [-0.3, -0.25) is 4.55 Å². The van der Waals surface area contributed by atoms with E-state index in [9.17, 15) is 8.42 Å². The molecule has 1 aliphatic carbocycles. The van der Waals surface area contributed by atoms with E-state index >= 15 is 0 Å². The lowest BCUT2D eigenvalue weighted by Gasteiger charge is -2.03. The lowest BCUT2D eigenvalue weighted by Crippen LogP contribution is -2.02. The van der Waals surface area contributed by atoms with E-state index in [1.807, 2.05) is 18.2 Å². The first-order valence-electron chi connectivity index (χ1n) is 3.85. The van der Waals surface area contributed by atoms with Gasteiger partial charge < -0.3 is 0 Å². The van der Waals surface area contributed by atoms with Crippen LogP contribution in [0.15, 0.2) is 29.2 Å². The minimum atomic E-state index is -4.07. The normalized spacial score (nSPS) is 14.5. The van der Waals surface area contributed by atoms with Gasteiger partial charge in [-0.2, -0.15) is 8.42 Å². The molecule has 1 aliphatic rings. The minimum Gasteiger partial charge on any atom is -0.282 e. The van der Waals surface area contributed by atoms with Crippen molar-refractivity contribution in [3.63, 3.8) is 0 Å². The lowest BCUT2D eigenvalue weighted by molar-refractivity contribution is 0.482. The Bertz CT molecular complexity index is 472. The average molecular weight is 196 g/mol. The number of rotatable bonds is 1. The predicted molar refractivity (Wildman–Crippen MR) is 49.0 cm³/mol. The highest BCUT2D eigenvalue weighted by Crippen LogP contribution is 2.25. The van der Waals surface area contributed by atoms with Crippen molar-refractivity contribution >= 4 is 16.2 Å². The summed E-state index contributed by atoms with van der Waals surface area (Å²) in [6, 6.07) is 4.87. The molecule has 13 heavy (non-hydrogen) atoms. The number of allylic oxidation sites excluding steroid dienone is 1. The molecule has 0 heterocycles. The summed E-state index contributed by atoms with van der Waals surface area (Å²) in [5.74, 6) is 0. The van der Waals surface area contributed by atoms with Crippen molar-refractivity contribution in [1.82, 2.24) is 0 Å². The molecule has 0 spiro atoms. The summed E-state index contributed by atoms with van der Waals surface area (Å²) in [5, 5.41) is 0. The maximum atomic E-state index is 10.9. The summed E-state index contributed by atoms with van der Waals surface area (Å²) in [4.78, 5) is 0.0231. The van der Waals surface area contributed by atoms with Crippen molar-refractivity contribution in [2.75, 3.05) is 0 Å². The molecule has 1 aromatic carbocycles. The molecule has 0 radical (unpaired) electrons. The minimum absolute atomic E-state index is 0.0231. The van der Waals surface area contributed by atoms with Crippen LogP contribution in [-0.4, -0.2) is 13.0 Å². The molecule has 2 rings (SSSR count). The Morgan fingerprint density at radius 3 is 2.77 bits per heavy atom. The molecule has 68 valence electrons. The van der Waals surface area contributed by atoms with E-state index < -0.39 is 10.1 Å². The fourth-order valence-electron chi connectivity index (χ4n) is 1.50. The van der Waals surface area contributed by atoms with Gasteiger partial charge in [-0.25, -0.2) is 0 Å². The van der Waals surface area contributed by atoms with Gasteiger partial charge in [0.1, 0.15) is 0 Å². The van der Waals surface area contributed by atoms with Crippen molar-refractivity contribution in [2.45, 2.75) is 11.3 Å². The first-order chi connectivity index (χ1) is 6.09. The summed E-state index contributed by atoms with van der Waals surface area (Å²) in [6.45, 7) is 0. The molecule has 1 aromatic rings. The molecular formula is C9H8O3S. The Balaban J connectivity index is 2.70. The van der Waals surface area contributed by atoms with Gasteiger partial charge in [0.25, 0.3) is 10.1 Å². The van der Waals surface area contributed by atoms with E-state index in [0.29, 0.717) is 12.0 Å². The first-order valence-corrected chi connectivity index (χ1v) is 5.29. The second kappa shape index (κ2) is 2.68. The third-order valence-corrected chi connectivity index (χ3v) is 3.00. The van der Waals surface area contributed by atoms with Crippen molar-refractivity contribution in [2.24, 2.45) is 0 Å². The Labute approximate surface area is 76.5 Å². The lowest BCUT2D eigenvalue weighted by atomic mass is 10.1. The fraction of sp³-hybridized carbons (Fsp3) is 0.111. The zero-order valence-corrected chi connectivity index (χ0v) is 7.58. The Hall–Kier alpha value is -1.13. The summed E-state index contributed by atoms with van der Waals surface area (Å²) in [5.41, 5.74) is 1.56. The third kappa shape index (κ3) is 1.38. The van der Waals surface area contributed by atoms with Crippen LogP contribution in [-0.2, 0) is 16.5 Å². The first kappa shape index (κ1) is 8.47. The molecule has 0 amide bonds. The third-order valence-electron chi connectivity index (χ3n) is 2.07. The summed E-state index contributed by atoms with van der Waals surface area (Å²) < 4.78 is 30.7. The molecule has 0 saturated heterocycles. The van der Waals surface area contributed by atoms with Crippen LogP contribution in [0.1, 0.15) is 11.1 Å². The predicted octanol–water partition coefficient (Wildman–Crippen LogP) is 1.50. The zero-order chi connectivity index (χ0) is 9.47. The molecule has 4 heteroatoms. The maximum Gasteiger partial charge on any atom is 0.294 e. The van der Waals surface area contributed by atoms with Crippen LogP contribution >= 0.6 is 0 Å². The Kier molecular flexibility index (Phi) is 1.75. The smallest absolute Gasteiger partial charge is 0.282 e. The van der Waals surface area contributed by atoms with Crippen LogP contribution in [0.3, 0.4) is 0 Å². The van der Waals surface area contributed by atoms with Gasteiger partial charge in [-0.1, -0.05) is 24.3 Å². The van der Waals surface area contributed by atoms with E-state index in [4.69, 9.17) is 4.55 Å². The van der Waals surface area contributed by atoms with Crippen LogP contribution in [0.25, 0.3) is 6.08 Å². The van der Waals surface area contributed by atoms with Crippen molar-refractivity contribution in [3.05, 3.63) is 35.4 Å². The van der Waals surface area contributed by atoms with E-state index in [-0.39, 0.29) is 4.90 Å². The van der Waals surface area contributed by atoms with E-state index in [2.05, 4.69) is 0 Å². The monoisotopic (exact) mass is 196 g/mol. The van der Waals surface area contributed by atoms with Crippen LogP contribution in [0, 0.1) is 0 Å². The molecule has 0 fully saturated rings. The van der Waals surface area contributed by atoms with Gasteiger partial charge in [0.05, 0.1) is 4.90 Å². The van der Waals surface area contributed by atoms with Gasteiger partial charge in [-0.05, 0) is 23.6 Å². The second-order valence-electron chi connectivity index (χ2n) is 2.91. The molecule has 0 unspecified atom stereocenters. The van der Waals surface area contributed by atoms with E-state index in [1.54, 1.807) is 6.07 Å². The quantitative estimate of drug-likeness (QED) is 0.692. The molecule has 0 bridgehead atoms. The number of benzene rings is 1. The SMILES string of the molecule is O=S(=O)(O)c1cccc2c1CC=C2. The molecule has 0 atom stereocenters. The van der Waals surface area contributed by atoms with Gasteiger partial charge in [0, 0.05) is 0 Å². The fourth-order valence-corrected chi connectivity index (χ4v) is 2.27. The van der Waals surface area contributed by atoms with Crippen molar-refractivity contribution < 1.29 is 13.0 Å². The number of hydrogen-bond acceptors (Lipinski definition) is 2. The second-order valence-corrected chi connectivity index (χ2v) is 4.30. The average Bonchev–Trinajstić information content (AvgIpc) is 2.48.